The molecule has 4 aromatic rings. The van der Waals surface area contributed by atoms with E-state index in [-0.39, 0.29) is 11.0 Å². The molecule has 8 heteroatoms. The number of anilines is 1. The Balaban J connectivity index is 1.60. The standard InChI is InChI=1S/C24H17IN2O4S/c1-30-21-11-8-15(18-12-16-4-2-3-5-20(16)31-23(18)29)13-19(21)26-24(32)27-22(28)14-6-9-17(25)10-7-14/h2-13H,1H3,(H2,26,27,28,32). The summed E-state index contributed by atoms with van der Waals surface area (Å²) < 4.78 is 11.9. The molecule has 0 aliphatic rings. The van der Waals surface area contributed by atoms with E-state index in [9.17, 15) is 9.59 Å². The van der Waals surface area contributed by atoms with Gasteiger partial charge in [-0.2, -0.15) is 0 Å². The van der Waals surface area contributed by atoms with Gasteiger partial charge in [-0.25, -0.2) is 4.79 Å². The molecular formula is C24H17IN2O4S. The Hall–Kier alpha value is -3.24. The summed E-state index contributed by atoms with van der Waals surface area (Å²) >= 11 is 7.48. The number of halogens is 1. The number of methoxy groups -OCH3 is 1. The Labute approximate surface area is 202 Å². The van der Waals surface area contributed by atoms with Gasteiger partial charge in [0.2, 0.25) is 0 Å². The zero-order chi connectivity index (χ0) is 22.7. The van der Waals surface area contributed by atoms with E-state index in [0.29, 0.717) is 33.7 Å². The molecule has 0 unspecified atom stereocenters. The smallest absolute Gasteiger partial charge is 0.344 e. The van der Waals surface area contributed by atoms with Crippen LogP contribution in [0.3, 0.4) is 0 Å². The first-order valence-electron chi connectivity index (χ1n) is 9.54. The van der Waals surface area contributed by atoms with Crippen LogP contribution in [-0.2, 0) is 0 Å². The lowest BCUT2D eigenvalue weighted by Crippen LogP contribution is -2.34. The number of ether oxygens (including phenoxy) is 1. The van der Waals surface area contributed by atoms with Crippen LogP contribution in [0.5, 0.6) is 5.75 Å². The lowest BCUT2D eigenvalue weighted by molar-refractivity contribution is 0.0977. The zero-order valence-electron chi connectivity index (χ0n) is 16.8. The van der Waals surface area contributed by atoms with Crippen LogP contribution in [0.15, 0.2) is 82.0 Å². The maximum absolute atomic E-state index is 12.5. The Morgan fingerprint density at radius 1 is 1.03 bits per heavy atom. The van der Waals surface area contributed by atoms with Gasteiger partial charge in [0.15, 0.2) is 5.11 Å². The Morgan fingerprint density at radius 2 is 1.78 bits per heavy atom. The van der Waals surface area contributed by atoms with E-state index in [1.807, 2.05) is 30.3 Å². The Morgan fingerprint density at radius 3 is 2.53 bits per heavy atom. The molecule has 0 saturated carbocycles. The average Bonchev–Trinajstić information content (AvgIpc) is 2.79. The van der Waals surface area contributed by atoms with Crippen molar-refractivity contribution in [1.82, 2.24) is 5.32 Å². The van der Waals surface area contributed by atoms with Gasteiger partial charge in [-0.05, 0) is 88.9 Å². The van der Waals surface area contributed by atoms with E-state index in [1.54, 1.807) is 42.5 Å². The van der Waals surface area contributed by atoms with E-state index >= 15 is 0 Å². The third-order valence-corrected chi connectivity index (χ3v) is 5.66. The van der Waals surface area contributed by atoms with E-state index in [0.717, 1.165) is 8.96 Å². The normalized spacial score (nSPS) is 10.6. The largest absolute Gasteiger partial charge is 0.495 e. The van der Waals surface area contributed by atoms with Gasteiger partial charge in [-0.1, -0.05) is 24.3 Å². The van der Waals surface area contributed by atoms with Crippen LogP contribution in [0.25, 0.3) is 22.1 Å². The Bertz CT molecular complexity index is 1380. The van der Waals surface area contributed by atoms with Crippen LogP contribution >= 0.6 is 34.8 Å². The third-order valence-electron chi connectivity index (χ3n) is 4.73. The van der Waals surface area contributed by atoms with Crippen molar-refractivity contribution in [3.05, 3.63) is 92.4 Å². The summed E-state index contributed by atoms with van der Waals surface area (Å²) in [6.07, 6.45) is 0. The monoisotopic (exact) mass is 556 g/mol. The van der Waals surface area contributed by atoms with Crippen molar-refractivity contribution in [2.75, 3.05) is 12.4 Å². The minimum Gasteiger partial charge on any atom is -0.495 e. The van der Waals surface area contributed by atoms with Gasteiger partial charge in [0.25, 0.3) is 5.91 Å². The number of nitrogens with one attached hydrogen (secondary N) is 2. The fourth-order valence-corrected chi connectivity index (χ4v) is 3.73. The quantitative estimate of drug-likeness (QED) is 0.205. The number of hydrogen-bond acceptors (Lipinski definition) is 5. The van der Waals surface area contributed by atoms with Crippen LogP contribution in [0.1, 0.15) is 10.4 Å². The number of fused-ring (bicyclic) bond motifs is 1. The number of carbonyl (C=O) groups excluding carboxylic acids is 1. The summed E-state index contributed by atoms with van der Waals surface area (Å²) in [5.41, 5.74) is 2.10. The summed E-state index contributed by atoms with van der Waals surface area (Å²) in [6, 6.07) is 21.4. The lowest BCUT2D eigenvalue weighted by Gasteiger charge is -2.14. The summed E-state index contributed by atoms with van der Waals surface area (Å²) in [7, 11) is 1.53. The first kappa shape index (κ1) is 22.0. The fraction of sp³-hybridized carbons (Fsp3) is 0.0417. The third kappa shape index (κ3) is 4.81. The molecular weight excluding hydrogens is 539 g/mol. The van der Waals surface area contributed by atoms with Crippen molar-refractivity contribution in [2.24, 2.45) is 0 Å². The molecule has 1 amide bonds. The molecule has 0 saturated heterocycles. The molecule has 0 atom stereocenters. The molecule has 2 N–H and O–H groups in total. The molecule has 0 aliphatic heterocycles. The van der Waals surface area contributed by atoms with Crippen LogP contribution in [0.4, 0.5) is 5.69 Å². The van der Waals surface area contributed by atoms with Gasteiger partial charge in [0, 0.05) is 14.5 Å². The molecule has 0 radical (unpaired) electrons. The summed E-state index contributed by atoms with van der Waals surface area (Å²) in [5, 5.41) is 6.55. The highest BCUT2D eigenvalue weighted by Crippen LogP contribution is 2.30. The van der Waals surface area contributed by atoms with E-state index in [1.165, 1.54) is 7.11 Å². The number of carbonyl (C=O) groups is 1. The number of amides is 1. The number of rotatable bonds is 4. The maximum Gasteiger partial charge on any atom is 0.344 e. The zero-order valence-corrected chi connectivity index (χ0v) is 19.8. The highest BCUT2D eigenvalue weighted by atomic mass is 127. The van der Waals surface area contributed by atoms with Crippen LogP contribution in [0, 0.1) is 3.57 Å². The van der Waals surface area contributed by atoms with Gasteiger partial charge in [0.1, 0.15) is 11.3 Å². The molecule has 0 aliphatic carbocycles. The second-order valence-corrected chi connectivity index (χ2v) is 8.47. The van der Waals surface area contributed by atoms with Crippen LogP contribution < -0.4 is 21.0 Å². The van der Waals surface area contributed by atoms with Gasteiger partial charge in [-0.15, -0.1) is 0 Å². The fourth-order valence-electron chi connectivity index (χ4n) is 3.17. The number of thiocarbonyl (C=S) groups is 1. The molecule has 160 valence electrons. The Kier molecular flexibility index (Phi) is 6.52. The molecule has 0 fully saturated rings. The van der Waals surface area contributed by atoms with Gasteiger partial charge < -0.3 is 14.5 Å². The molecule has 4 rings (SSSR count). The molecule has 32 heavy (non-hydrogen) atoms. The number of para-hydroxylation sites is 1. The molecule has 0 spiro atoms. The van der Waals surface area contributed by atoms with Crippen molar-refractivity contribution in [2.45, 2.75) is 0 Å². The predicted molar refractivity (Wildman–Crippen MR) is 137 cm³/mol. The van der Waals surface area contributed by atoms with E-state index < -0.39 is 5.63 Å². The molecule has 6 nitrogen and oxygen atoms in total. The number of benzene rings is 3. The molecule has 1 heterocycles. The highest BCUT2D eigenvalue weighted by Gasteiger charge is 2.14. The first-order valence-corrected chi connectivity index (χ1v) is 11.0. The first-order chi connectivity index (χ1) is 15.4. The molecule has 3 aromatic carbocycles. The van der Waals surface area contributed by atoms with E-state index in [4.69, 9.17) is 21.4 Å². The number of hydrogen-bond donors (Lipinski definition) is 2. The van der Waals surface area contributed by atoms with Crippen molar-refractivity contribution in [3.8, 4) is 16.9 Å². The van der Waals surface area contributed by atoms with Gasteiger partial charge in [-0.3, -0.25) is 10.1 Å². The van der Waals surface area contributed by atoms with E-state index in [2.05, 4.69) is 33.2 Å². The second-order valence-electron chi connectivity index (χ2n) is 6.82. The topological polar surface area (TPSA) is 80.6 Å². The van der Waals surface area contributed by atoms with Crippen LogP contribution in [-0.4, -0.2) is 18.1 Å². The van der Waals surface area contributed by atoms with Crippen molar-refractivity contribution < 1.29 is 13.9 Å². The van der Waals surface area contributed by atoms with Gasteiger partial charge >= 0.3 is 5.63 Å². The van der Waals surface area contributed by atoms with Crippen molar-refractivity contribution >= 4 is 62.5 Å². The van der Waals surface area contributed by atoms with Crippen LogP contribution in [0.2, 0.25) is 0 Å². The highest BCUT2D eigenvalue weighted by molar-refractivity contribution is 14.1. The predicted octanol–water partition coefficient (Wildman–Crippen LogP) is 5.20. The summed E-state index contributed by atoms with van der Waals surface area (Å²) in [5.74, 6) is 0.175. The summed E-state index contributed by atoms with van der Waals surface area (Å²) in [6.45, 7) is 0. The SMILES string of the molecule is COc1ccc(-c2cc3ccccc3oc2=O)cc1NC(=S)NC(=O)c1ccc(I)cc1. The minimum atomic E-state index is -0.450. The van der Waals surface area contributed by atoms with Crippen molar-refractivity contribution in [3.63, 3.8) is 0 Å². The molecule has 1 aromatic heterocycles. The van der Waals surface area contributed by atoms with Gasteiger partial charge in [0.05, 0.1) is 18.4 Å². The van der Waals surface area contributed by atoms with Crippen molar-refractivity contribution in [1.29, 1.82) is 0 Å². The molecule has 0 bridgehead atoms. The summed E-state index contributed by atoms with van der Waals surface area (Å²) in [4.78, 5) is 25.0. The maximum atomic E-state index is 12.5. The lowest BCUT2D eigenvalue weighted by atomic mass is 10.0. The minimum absolute atomic E-state index is 0.106. The average molecular weight is 556 g/mol. The second kappa shape index (κ2) is 9.49.